The number of hydrogen-bond donors (Lipinski definition) is 0. The number of esters is 1. The molecule has 1 fully saturated rings. The van der Waals surface area contributed by atoms with E-state index in [0.717, 1.165) is 12.8 Å². The number of aromatic nitrogens is 2. The summed E-state index contributed by atoms with van der Waals surface area (Å²) in [5, 5.41) is 0. The molecule has 1 amide bonds. The molecule has 144 valence electrons. The highest BCUT2D eigenvalue weighted by Crippen LogP contribution is 2.21. The summed E-state index contributed by atoms with van der Waals surface area (Å²) in [5.74, 6) is -0.633. The molecular weight excluding hydrogens is 346 g/mol. The molecule has 2 aromatic rings. The third-order valence-corrected chi connectivity index (χ3v) is 5.00. The minimum absolute atomic E-state index is 0.114. The SMILES string of the molecule is CCOC(=O)C1CCCN(C(=O)c2ccc3c(c2)nc(C)c(=O)n3CC)C1. The molecule has 1 unspecified atom stereocenters. The maximum absolute atomic E-state index is 13.0. The number of likely N-dealkylation sites (tertiary alicyclic amines) is 1. The van der Waals surface area contributed by atoms with Crippen LogP contribution in [0.2, 0.25) is 0 Å². The summed E-state index contributed by atoms with van der Waals surface area (Å²) < 4.78 is 6.76. The van der Waals surface area contributed by atoms with Crippen LogP contribution in [-0.4, -0.2) is 46.0 Å². The van der Waals surface area contributed by atoms with Gasteiger partial charge < -0.3 is 14.2 Å². The Morgan fingerprint density at radius 1 is 1.30 bits per heavy atom. The van der Waals surface area contributed by atoms with E-state index < -0.39 is 0 Å². The number of carbonyl (C=O) groups is 2. The van der Waals surface area contributed by atoms with Gasteiger partial charge in [-0.25, -0.2) is 4.98 Å². The highest BCUT2D eigenvalue weighted by Gasteiger charge is 2.30. The molecule has 1 aliphatic heterocycles. The first-order valence-electron chi connectivity index (χ1n) is 9.43. The average molecular weight is 371 g/mol. The zero-order valence-corrected chi connectivity index (χ0v) is 16.0. The predicted molar refractivity (Wildman–Crippen MR) is 102 cm³/mol. The van der Waals surface area contributed by atoms with E-state index in [2.05, 4.69) is 4.98 Å². The molecule has 0 saturated carbocycles. The molecular formula is C20H25N3O4. The molecule has 1 aliphatic rings. The van der Waals surface area contributed by atoms with E-state index in [1.807, 2.05) is 6.92 Å². The maximum Gasteiger partial charge on any atom is 0.310 e. The van der Waals surface area contributed by atoms with E-state index >= 15 is 0 Å². The van der Waals surface area contributed by atoms with Crippen LogP contribution >= 0.6 is 0 Å². The molecule has 0 N–H and O–H groups in total. The van der Waals surface area contributed by atoms with Gasteiger partial charge in [0.1, 0.15) is 5.69 Å². The van der Waals surface area contributed by atoms with Gasteiger partial charge in [0.25, 0.3) is 11.5 Å². The van der Waals surface area contributed by atoms with Crippen LogP contribution in [0.15, 0.2) is 23.0 Å². The summed E-state index contributed by atoms with van der Waals surface area (Å²) in [6, 6.07) is 5.22. The van der Waals surface area contributed by atoms with E-state index in [9.17, 15) is 14.4 Å². The van der Waals surface area contributed by atoms with Gasteiger partial charge >= 0.3 is 5.97 Å². The topological polar surface area (TPSA) is 81.5 Å². The molecule has 27 heavy (non-hydrogen) atoms. The van der Waals surface area contributed by atoms with Crippen molar-refractivity contribution in [3.63, 3.8) is 0 Å². The largest absolute Gasteiger partial charge is 0.466 e. The lowest BCUT2D eigenvalue weighted by Crippen LogP contribution is -2.42. The first kappa shape index (κ1) is 19.1. The lowest BCUT2D eigenvalue weighted by atomic mass is 9.97. The molecule has 1 atom stereocenters. The summed E-state index contributed by atoms with van der Waals surface area (Å²) in [6.45, 7) is 7.24. The first-order valence-corrected chi connectivity index (χ1v) is 9.43. The quantitative estimate of drug-likeness (QED) is 0.769. The van der Waals surface area contributed by atoms with Crippen molar-refractivity contribution in [2.45, 2.75) is 40.2 Å². The number of ether oxygens (including phenoxy) is 1. The molecule has 1 aromatic carbocycles. The number of amides is 1. The van der Waals surface area contributed by atoms with Crippen molar-refractivity contribution in [2.24, 2.45) is 5.92 Å². The van der Waals surface area contributed by atoms with Gasteiger partial charge in [-0.2, -0.15) is 0 Å². The second-order valence-electron chi connectivity index (χ2n) is 6.79. The van der Waals surface area contributed by atoms with Gasteiger partial charge in [0.05, 0.1) is 23.6 Å². The lowest BCUT2D eigenvalue weighted by Gasteiger charge is -2.31. The second kappa shape index (κ2) is 7.90. The summed E-state index contributed by atoms with van der Waals surface area (Å²) in [7, 11) is 0. The van der Waals surface area contributed by atoms with Crippen LogP contribution < -0.4 is 5.56 Å². The van der Waals surface area contributed by atoms with Gasteiger partial charge in [-0.1, -0.05) is 0 Å². The Morgan fingerprint density at radius 3 is 2.78 bits per heavy atom. The normalized spacial score (nSPS) is 17.1. The number of fused-ring (bicyclic) bond motifs is 1. The molecule has 3 rings (SSSR count). The minimum atomic E-state index is -0.270. The van der Waals surface area contributed by atoms with Crippen LogP contribution in [-0.2, 0) is 16.1 Å². The van der Waals surface area contributed by atoms with E-state index in [-0.39, 0.29) is 23.4 Å². The fourth-order valence-corrected chi connectivity index (χ4v) is 3.62. The van der Waals surface area contributed by atoms with Gasteiger partial charge in [0.15, 0.2) is 0 Å². The Balaban J connectivity index is 1.88. The Kier molecular flexibility index (Phi) is 5.58. The predicted octanol–water partition coefficient (Wildman–Crippen LogP) is 2.14. The molecule has 0 spiro atoms. The third kappa shape index (κ3) is 3.72. The third-order valence-electron chi connectivity index (χ3n) is 5.00. The van der Waals surface area contributed by atoms with Crippen LogP contribution in [0.5, 0.6) is 0 Å². The first-order chi connectivity index (χ1) is 13.0. The van der Waals surface area contributed by atoms with Gasteiger partial charge in [0.2, 0.25) is 0 Å². The van der Waals surface area contributed by atoms with Crippen LogP contribution in [0.4, 0.5) is 0 Å². The molecule has 2 heterocycles. The Bertz CT molecular complexity index is 935. The van der Waals surface area contributed by atoms with Crippen molar-refractivity contribution >= 4 is 22.9 Å². The fraction of sp³-hybridized carbons (Fsp3) is 0.500. The Morgan fingerprint density at radius 2 is 2.07 bits per heavy atom. The van der Waals surface area contributed by atoms with Crippen molar-refractivity contribution < 1.29 is 14.3 Å². The highest BCUT2D eigenvalue weighted by molar-refractivity contribution is 5.97. The molecule has 1 saturated heterocycles. The monoisotopic (exact) mass is 371 g/mol. The number of rotatable bonds is 4. The Labute approximate surface area is 157 Å². The molecule has 7 nitrogen and oxygen atoms in total. The second-order valence-corrected chi connectivity index (χ2v) is 6.79. The fourth-order valence-electron chi connectivity index (χ4n) is 3.62. The van der Waals surface area contributed by atoms with Crippen molar-refractivity contribution in [2.75, 3.05) is 19.7 Å². The summed E-state index contributed by atoms with van der Waals surface area (Å²) in [6.07, 6.45) is 1.51. The van der Waals surface area contributed by atoms with Crippen molar-refractivity contribution in [3.05, 3.63) is 39.8 Å². The lowest BCUT2D eigenvalue weighted by molar-refractivity contribution is -0.149. The number of hydrogen-bond acceptors (Lipinski definition) is 5. The summed E-state index contributed by atoms with van der Waals surface area (Å²) >= 11 is 0. The molecule has 7 heteroatoms. The minimum Gasteiger partial charge on any atom is -0.466 e. The zero-order chi connectivity index (χ0) is 19.6. The van der Waals surface area contributed by atoms with Crippen molar-refractivity contribution in [1.82, 2.24) is 14.5 Å². The van der Waals surface area contributed by atoms with Gasteiger partial charge in [-0.15, -0.1) is 0 Å². The van der Waals surface area contributed by atoms with Gasteiger partial charge in [0, 0.05) is 25.2 Å². The molecule has 0 radical (unpaired) electrons. The summed E-state index contributed by atoms with van der Waals surface area (Å²) in [4.78, 5) is 43.2. The Hall–Kier alpha value is -2.70. The van der Waals surface area contributed by atoms with E-state index in [1.54, 1.807) is 41.5 Å². The smallest absolute Gasteiger partial charge is 0.310 e. The van der Waals surface area contributed by atoms with E-state index in [1.165, 1.54) is 0 Å². The van der Waals surface area contributed by atoms with E-state index in [4.69, 9.17) is 4.74 Å². The molecule has 0 bridgehead atoms. The van der Waals surface area contributed by atoms with Gasteiger partial charge in [-0.05, 0) is 51.8 Å². The van der Waals surface area contributed by atoms with Crippen LogP contribution in [0.3, 0.4) is 0 Å². The highest BCUT2D eigenvalue weighted by atomic mass is 16.5. The van der Waals surface area contributed by atoms with Crippen molar-refractivity contribution in [3.8, 4) is 0 Å². The molecule has 0 aliphatic carbocycles. The molecule has 1 aromatic heterocycles. The summed E-state index contributed by atoms with van der Waals surface area (Å²) in [5.41, 5.74) is 2.15. The number of piperidine rings is 1. The number of aryl methyl sites for hydroxylation is 2. The van der Waals surface area contributed by atoms with Crippen LogP contribution in [0.1, 0.15) is 42.7 Å². The number of benzene rings is 1. The van der Waals surface area contributed by atoms with Gasteiger partial charge in [-0.3, -0.25) is 14.4 Å². The van der Waals surface area contributed by atoms with E-state index in [0.29, 0.717) is 48.5 Å². The standard InChI is InChI=1S/C20H25N3O4/c1-4-23-17-9-8-14(11-16(17)21-13(3)18(23)24)19(25)22-10-6-7-15(12-22)20(26)27-5-2/h8-9,11,15H,4-7,10,12H2,1-3H3. The number of carbonyl (C=O) groups excluding carboxylic acids is 2. The maximum atomic E-state index is 13.0. The van der Waals surface area contributed by atoms with Crippen molar-refractivity contribution in [1.29, 1.82) is 0 Å². The zero-order valence-electron chi connectivity index (χ0n) is 16.0. The van der Waals surface area contributed by atoms with Crippen LogP contribution in [0, 0.1) is 12.8 Å². The number of nitrogens with zero attached hydrogens (tertiary/aromatic N) is 3. The average Bonchev–Trinajstić information content (AvgIpc) is 2.68. The van der Waals surface area contributed by atoms with Crippen LogP contribution in [0.25, 0.3) is 11.0 Å².